The number of nitro groups is 1. The maximum absolute atomic E-state index is 10.7. The fourth-order valence-corrected chi connectivity index (χ4v) is 2.02. The lowest BCUT2D eigenvalue weighted by molar-refractivity contribution is -0.385. The topological polar surface area (TPSA) is 114 Å². The lowest BCUT2D eigenvalue weighted by Gasteiger charge is -2.00. The van der Waals surface area contributed by atoms with Crippen molar-refractivity contribution in [1.29, 1.82) is 0 Å². The first-order valence-corrected chi connectivity index (χ1v) is 7.00. The molecular formula is C11H11BrN4O3S. The van der Waals surface area contributed by atoms with E-state index in [1.165, 1.54) is 30.1 Å². The summed E-state index contributed by atoms with van der Waals surface area (Å²) >= 11 is 4.36. The van der Waals surface area contributed by atoms with Crippen LogP contribution in [0, 0.1) is 10.1 Å². The molecule has 106 valence electrons. The second-order valence-electron chi connectivity index (χ2n) is 3.40. The normalized spacial score (nSPS) is 11.8. The van der Waals surface area contributed by atoms with Gasteiger partial charge >= 0.3 is 5.69 Å². The van der Waals surface area contributed by atoms with Gasteiger partial charge < -0.3 is 10.8 Å². The van der Waals surface area contributed by atoms with Crippen LogP contribution < -0.4 is 5.73 Å². The number of nitro benzene ring substituents is 1. The van der Waals surface area contributed by atoms with Gasteiger partial charge in [-0.15, -0.1) is 11.7 Å². The summed E-state index contributed by atoms with van der Waals surface area (Å²) < 4.78 is 0.446. The summed E-state index contributed by atoms with van der Waals surface area (Å²) in [5.41, 5.74) is 5.29. The van der Waals surface area contributed by atoms with Crippen LogP contribution in [-0.2, 0) is 0 Å². The number of thioether (sulfide) groups is 1. The molecule has 1 aromatic carbocycles. The monoisotopic (exact) mass is 358 g/mol. The zero-order valence-corrected chi connectivity index (χ0v) is 12.6. The van der Waals surface area contributed by atoms with Crippen LogP contribution in [0.2, 0.25) is 0 Å². The van der Waals surface area contributed by atoms with Gasteiger partial charge in [-0.1, -0.05) is 33.8 Å². The Hall–Kier alpha value is -1.87. The summed E-state index contributed by atoms with van der Waals surface area (Å²) in [6.07, 6.45) is 2.86. The number of benzene rings is 1. The van der Waals surface area contributed by atoms with Gasteiger partial charge in [-0.25, -0.2) is 0 Å². The quantitative estimate of drug-likeness (QED) is 0.276. The smallest absolute Gasteiger partial charge is 0.312 e. The Morgan fingerprint density at radius 3 is 2.95 bits per heavy atom. The molecule has 0 aromatic heterocycles. The Balaban J connectivity index is 2.98. The van der Waals surface area contributed by atoms with E-state index in [1.54, 1.807) is 6.08 Å². The number of amidine groups is 1. The first kappa shape index (κ1) is 16.2. The number of aromatic hydroxyl groups is 1. The molecule has 0 saturated carbocycles. The molecular weight excluding hydrogens is 348 g/mol. The summed E-state index contributed by atoms with van der Waals surface area (Å²) in [6, 6.07) is 2.68. The number of hydrogen-bond donors (Lipinski definition) is 2. The van der Waals surface area contributed by atoms with Gasteiger partial charge in [0, 0.05) is 21.9 Å². The van der Waals surface area contributed by atoms with Crippen molar-refractivity contribution in [1.82, 2.24) is 0 Å². The lowest BCUT2D eigenvalue weighted by Crippen LogP contribution is -2.05. The Labute approximate surface area is 127 Å². The second-order valence-corrected chi connectivity index (χ2v) is 5.36. The van der Waals surface area contributed by atoms with Crippen molar-refractivity contribution in [3.8, 4) is 5.75 Å². The second kappa shape index (κ2) is 7.65. The standard InChI is InChI=1S/C11H11BrN4O3S/c1-2-3-20-11(13)15-14-6-7-4-8(12)5-9(10(7)17)16(18)19/h2,4-6,17H,1,3H2,(H2,13,15). The number of phenolic OH excluding ortho intramolecular Hbond substituents is 1. The molecule has 0 unspecified atom stereocenters. The molecule has 0 aliphatic rings. The van der Waals surface area contributed by atoms with Crippen molar-refractivity contribution in [3.05, 3.63) is 44.9 Å². The van der Waals surface area contributed by atoms with E-state index in [9.17, 15) is 15.2 Å². The third-order valence-electron chi connectivity index (χ3n) is 1.98. The maximum Gasteiger partial charge on any atom is 0.312 e. The van der Waals surface area contributed by atoms with Crippen molar-refractivity contribution in [3.63, 3.8) is 0 Å². The van der Waals surface area contributed by atoms with E-state index in [4.69, 9.17) is 5.73 Å². The summed E-state index contributed by atoms with van der Waals surface area (Å²) in [5, 5.41) is 28.1. The molecule has 20 heavy (non-hydrogen) atoms. The minimum Gasteiger partial charge on any atom is -0.502 e. The van der Waals surface area contributed by atoms with Gasteiger partial charge in [-0.2, -0.15) is 5.10 Å². The van der Waals surface area contributed by atoms with Crippen LogP contribution in [-0.4, -0.2) is 27.2 Å². The van der Waals surface area contributed by atoms with E-state index in [0.717, 1.165) is 0 Å². The highest BCUT2D eigenvalue weighted by Gasteiger charge is 2.17. The van der Waals surface area contributed by atoms with Crippen LogP contribution in [0.15, 0.2) is 39.5 Å². The van der Waals surface area contributed by atoms with Gasteiger partial charge in [0.1, 0.15) is 0 Å². The molecule has 0 spiro atoms. The molecule has 7 nitrogen and oxygen atoms in total. The molecule has 1 aromatic rings. The minimum atomic E-state index is -0.686. The Bertz CT molecular complexity index is 589. The van der Waals surface area contributed by atoms with Crippen LogP contribution in [0.3, 0.4) is 0 Å². The number of halogens is 1. The third-order valence-corrected chi connectivity index (χ3v) is 3.22. The molecule has 0 aliphatic carbocycles. The molecule has 1 rings (SSSR count). The molecule has 0 atom stereocenters. The Kier molecular flexibility index (Phi) is 6.19. The summed E-state index contributed by atoms with van der Waals surface area (Å²) in [7, 11) is 0. The van der Waals surface area contributed by atoms with Gasteiger partial charge in [-0.05, 0) is 6.07 Å². The van der Waals surface area contributed by atoms with Crippen molar-refractivity contribution in [2.75, 3.05) is 5.75 Å². The molecule has 0 amide bonds. The van der Waals surface area contributed by atoms with Crippen LogP contribution in [0.4, 0.5) is 5.69 Å². The van der Waals surface area contributed by atoms with Crippen molar-refractivity contribution in [2.24, 2.45) is 15.9 Å². The van der Waals surface area contributed by atoms with E-state index in [-0.39, 0.29) is 10.7 Å². The summed E-state index contributed by atoms with van der Waals surface area (Å²) in [6.45, 7) is 3.54. The lowest BCUT2D eigenvalue weighted by atomic mass is 10.2. The Morgan fingerprint density at radius 2 is 2.35 bits per heavy atom. The van der Waals surface area contributed by atoms with Crippen molar-refractivity contribution < 1.29 is 10.0 Å². The van der Waals surface area contributed by atoms with E-state index in [2.05, 4.69) is 32.7 Å². The van der Waals surface area contributed by atoms with Crippen LogP contribution in [0.5, 0.6) is 5.75 Å². The van der Waals surface area contributed by atoms with Crippen molar-refractivity contribution in [2.45, 2.75) is 0 Å². The molecule has 0 aliphatic heterocycles. The molecule has 9 heteroatoms. The maximum atomic E-state index is 10.7. The first-order chi connectivity index (χ1) is 9.45. The molecule has 0 heterocycles. The highest BCUT2D eigenvalue weighted by molar-refractivity contribution is 9.10. The molecule has 3 N–H and O–H groups in total. The fraction of sp³-hybridized carbons (Fsp3) is 0.0909. The van der Waals surface area contributed by atoms with E-state index >= 15 is 0 Å². The number of phenols is 1. The average Bonchev–Trinajstić information content (AvgIpc) is 2.39. The first-order valence-electron chi connectivity index (χ1n) is 5.22. The number of rotatable bonds is 5. The zero-order chi connectivity index (χ0) is 15.1. The zero-order valence-electron chi connectivity index (χ0n) is 10.2. The van der Waals surface area contributed by atoms with Crippen LogP contribution in [0.25, 0.3) is 0 Å². The molecule has 0 radical (unpaired) electrons. The highest BCUT2D eigenvalue weighted by Crippen LogP contribution is 2.32. The SMILES string of the molecule is C=CCSC(N)=NN=Cc1cc(Br)cc([N+](=O)[O-])c1O. The number of nitrogens with two attached hydrogens (primary N) is 1. The predicted octanol–water partition coefficient (Wildman–Crippen LogP) is 2.63. The molecule has 0 fully saturated rings. The Morgan fingerprint density at radius 1 is 1.65 bits per heavy atom. The minimum absolute atomic E-state index is 0.163. The highest BCUT2D eigenvalue weighted by atomic mass is 79.9. The van der Waals surface area contributed by atoms with E-state index < -0.39 is 16.4 Å². The summed E-state index contributed by atoms with van der Waals surface area (Å²) in [4.78, 5) is 10.1. The predicted molar refractivity (Wildman–Crippen MR) is 84.3 cm³/mol. The molecule has 0 saturated heterocycles. The molecule has 0 bridgehead atoms. The number of nitrogens with zero attached hydrogens (tertiary/aromatic N) is 3. The van der Waals surface area contributed by atoms with Crippen LogP contribution in [0.1, 0.15) is 5.56 Å². The van der Waals surface area contributed by atoms with Crippen molar-refractivity contribution >= 4 is 44.8 Å². The van der Waals surface area contributed by atoms with Gasteiger partial charge in [-0.3, -0.25) is 10.1 Å². The van der Waals surface area contributed by atoms with Gasteiger partial charge in [0.2, 0.25) is 5.75 Å². The van der Waals surface area contributed by atoms with Gasteiger partial charge in [0.15, 0.2) is 5.17 Å². The largest absolute Gasteiger partial charge is 0.502 e. The number of hydrogen-bond acceptors (Lipinski definition) is 6. The van der Waals surface area contributed by atoms with Gasteiger partial charge in [0.05, 0.1) is 11.1 Å². The third kappa shape index (κ3) is 4.67. The van der Waals surface area contributed by atoms with Crippen LogP contribution >= 0.6 is 27.7 Å². The van der Waals surface area contributed by atoms with E-state index in [1.807, 2.05) is 0 Å². The average molecular weight is 359 g/mol. The van der Waals surface area contributed by atoms with Gasteiger partial charge in [0.25, 0.3) is 0 Å². The summed E-state index contributed by atoms with van der Waals surface area (Å²) in [5.74, 6) is 0.118. The van der Waals surface area contributed by atoms with E-state index in [0.29, 0.717) is 10.2 Å². The fourth-order valence-electron chi connectivity index (χ4n) is 1.16.